The van der Waals surface area contributed by atoms with E-state index in [4.69, 9.17) is 11.6 Å². The molecule has 0 fully saturated rings. The van der Waals surface area contributed by atoms with Gasteiger partial charge < -0.3 is 5.11 Å². The third kappa shape index (κ3) is 1.78. The van der Waals surface area contributed by atoms with E-state index in [0.717, 1.165) is 22.4 Å². The summed E-state index contributed by atoms with van der Waals surface area (Å²) in [4.78, 5) is 5.86. The molecule has 2 heterocycles. The SMILES string of the molecule is Oc1cccc2cc3c(nc12)-c1cc(Cl)ccc1SC3. The highest BCUT2D eigenvalue weighted by Gasteiger charge is 2.19. The van der Waals surface area contributed by atoms with E-state index < -0.39 is 0 Å². The second-order valence-corrected chi connectivity index (χ2v) is 6.23. The summed E-state index contributed by atoms with van der Waals surface area (Å²) in [5.41, 5.74) is 3.80. The predicted octanol–water partition coefficient (Wildman–Crippen LogP) is 4.87. The van der Waals surface area contributed by atoms with E-state index in [9.17, 15) is 5.11 Å². The molecule has 20 heavy (non-hydrogen) atoms. The molecule has 0 aliphatic carbocycles. The molecule has 3 aromatic rings. The summed E-state index contributed by atoms with van der Waals surface area (Å²) in [7, 11) is 0. The molecule has 0 bridgehead atoms. The second kappa shape index (κ2) is 4.40. The van der Waals surface area contributed by atoms with E-state index in [0.29, 0.717) is 10.5 Å². The molecule has 0 amide bonds. The van der Waals surface area contributed by atoms with Crippen LogP contribution in [0.4, 0.5) is 0 Å². The number of phenols is 1. The Kier molecular flexibility index (Phi) is 2.65. The molecule has 0 atom stereocenters. The average Bonchev–Trinajstić information content (AvgIpc) is 2.46. The van der Waals surface area contributed by atoms with Gasteiger partial charge in [-0.05, 0) is 35.9 Å². The molecule has 4 heteroatoms. The van der Waals surface area contributed by atoms with Gasteiger partial charge in [0.05, 0.1) is 5.69 Å². The molecule has 1 aliphatic heterocycles. The van der Waals surface area contributed by atoms with Crippen molar-refractivity contribution in [1.82, 2.24) is 4.98 Å². The normalized spacial score (nSPS) is 13.1. The van der Waals surface area contributed by atoms with Crippen molar-refractivity contribution in [1.29, 1.82) is 0 Å². The number of fused-ring (bicyclic) bond motifs is 4. The Hall–Kier alpha value is -1.71. The first-order chi connectivity index (χ1) is 9.72. The van der Waals surface area contributed by atoms with Crippen LogP contribution in [0, 0.1) is 0 Å². The quantitative estimate of drug-likeness (QED) is 0.643. The topological polar surface area (TPSA) is 33.1 Å². The summed E-state index contributed by atoms with van der Waals surface area (Å²) < 4.78 is 0. The number of phenolic OH excluding ortho intramolecular Hbond substituents is 1. The number of para-hydroxylation sites is 1. The first-order valence-corrected chi connectivity index (χ1v) is 7.63. The minimum Gasteiger partial charge on any atom is -0.506 e. The molecule has 0 unspecified atom stereocenters. The Balaban J connectivity index is 2.06. The lowest BCUT2D eigenvalue weighted by molar-refractivity contribution is 0.480. The van der Waals surface area contributed by atoms with Gasteiger partial charge in [0.1, 0.15) is 11.3 Å². The van der Waals surface area contributed by atoms with Gasteiger partial charge >= 0.3 is 0 Å². The van der Waals surface area contributed by atoms with Crippen molar-refractivity contribution in [2.75, 3.05) is 0 Å². The Morgan fingerprint density at radius 2 is 2.05 bits per heavy atom. The number of rotatable bonds is 0. The maximum atomic E-state index is 9.98. The molecule has 0 spiro atoms. The largest absolute Gasteiger partial charge is 0.506 e. The van der Waals surface area contributed by atoms with Gasteiger partial charge in [0.25, 0.3) is 0 Å². The molecule has 0 saturated carbocycles. The maximum Gasteiger partial charge on any atom is 0.141 e. The van der Waals surface area contributed by atoms with Crippen LogP contribution in [0.5, 0.6) is 5.75 Å². The molecular weight excluding hydrogens is 290 g/mol. The summed E-state index contributed by atoms with van der Waals surface area (Å²) in [5.74, 6) is 1.11. The van der Waals surface area contributed by atoms with Crippen molar-refractivity contribution in [3.63, 3.8) is 0 Å². The van der Waals surface area contributed by atoms with Crippen LogP contribution < -0.4 is 0 Å². The zero-order valence-corrected chi connectivity index (χ0v) is 12.0. The summed E-state index contributed by atoms with van der Waals surface area (Å²) in [6, 6.07) is 13.5. The lowest BCUT2D eigenvalue weighted by Crippen LogP contribution is -1.99. The van der Waals surface area contributed by atoms with Gasteiger partial charge in [0.2, 0.25) is 0 Å². The zero-order valence-electron chi connectivity index (χ0n) is 10.4. The van der Waals surface area contributed by atoms with Crippen molar-refractivity contribution in [3.8, 4) is 17.0 Å². The lowest BCUT2D eigenvalue weighted by Gasteiger charge is -2.19. The molecule has 98 valence electrons. The number of aromatic nitrogens is 1. The molecule has 0 saturated heterocycles. The van der Waals surface area contributed by atoms with Crippen molar-refractivity contribution in [2.24, 2.45) is 0 Å². The second-order valence-electron chi connectivity index (χ2n) is 4.77. The van der Waals surface area contributed by atoms with Crippen molar-refractivity contribution in [2.45, 2.75) is 10.6 Å². The van der Waals surface area contributed by atoms with Gasteiger partial charge in [-0.2, -0.15) is 0 Å². The molecule has 1 aromatic heterocycles. The lowest BCUT2D eigenvalue weighted by atomic mass is 10.0. The monoisotopic (exact) mass is 299 g/mol. The number of hydrogen-bond acceptors (Lipinski definition) is 3. The van der Waals surface area contributed by atoms with Crippen LogP contribution in [0.25, 0.3) is 22.2 Å². The summed E-state index contributed by atoms with van der Waals surface area (Å²) in [6.45, 7) is 0. The van der Waals surface area contributed by atoms with Crippen LogP contribution in [0.3, 0.4) is 0 Å². The van der Waals surface area contributed by atoms with E-state index in [2.05, 4.69) is 11.1 Å². The minimum absolute atomic E-state index is 0.215. The molecule has 1 aliphatic rings. The smallest absolute Gasteiger partial charge is 0.141 e. The Labute approximate surface area is 125 Å². The highest BCUT2D eigenvalue weighted by atomic mass is 35.5. The van der Waals surface area contributed by atoms with E-state index >= 15 is 0 Å². The van der Waals surface area contributed by atoms with Crippen LogP contribution in [0.15, 0.2) is 47.4 Å². The van der Waals surface area contributed by atoms with Crippen LogP contribution in [-0.2, 0) is 5.75 Å². The Morgan fingerprint density at radius 1 is 1.15 bits per heavy atom. The standard InChI is InChI=1S/C16H10ClNOS/c17-11-4-5-14-12(7-11)15-10(8-20-14)6-9-2-1-3-13(19)16(9)18-15/h1-7,19H,8H2. The fourth-order valence-corrected chi connectivity index (χ4v) is 3.72. The molecule has 2 aromatic carbocycles. The van der Waals surface area contributed by atoms with Gasteiger partial charge in [-0.3, -0.25) is 0 Å². The zero-order chi connectivity index (χ0) is 13.7. The van der Waals surface area contributed by atoms with Gasteiger partial charge in [0, 0.05) is 26.6 Å². The number of nitrogens with zero attached hydrogens (tertiary/aromatic N) is 1. The maximum absolute atomic E-state index is 9.98. The highest BCUT2D eigenvalue weighted by molar-refractivity contribution is 7.98. The number of pyridine rings is 1. The summed E-state index contributed by atoms with van der Waals surface area (Å²) in [5, 5.41) is 11.7. The fourth-order valence-electron chi connectivity index (χ4n) is 2.54. The molecule has 0 radical (unpaired) electrons. The number of thioether (sulfide) groups is 1. The number of halogens is 1. The number of aromatic hydroxyl groups is 1. The Morgan fingerprint density at radius 3 is 2.95 bits per heavy atom. The first kappa shape index (κ1) is 12.1. The number of hydrogen-bond donors (Lipinski definition) is 1. The van der Waals surface area contributed by atoms with E-state index in [1.165, 1.54) is 10.5 Å². The van der Waals surface area contributed by atoms with Crippen LogP contribution in [0.1, 0.15) is 5.56 Å². The molecule has 4 rings (SSSR count). The summed E-state index contributed by atoms with van der Waals surface area (Å²) >= 11 is 7.90. The highest BCUT2D eigenvalue weighted by Crippen LogP contribution is 2.43. The molecule has 2 nitrogen and oxygen atoms in total. The van der Waals surface area contributed by atoms with E-state index in [1.54, 1.807) is 17.8 Å². The van der Waals surface area contributed by atoms with Crippen LogP contribution in [-0.4, -0.2) is 10.1 Å². The third-order valence-corrected chi connectivity index (χ3v) is 4.84. The summed E-state index contributed by atoms with van der Waals surface area (Å²) in [6.07, 6.45) is 0. The van der Waals surface area contributed by atoms with Crippen molar-refractivity contribution in [3.05, 3.63) is 53.1 Å². The van der Waals surface area contributed by atoms with Gasteiger partial charge in [-0.25, -0.2) is 4.98 Å². The Bertz CT molecular complexity index is 847. The minimum atomic E-state index is 0.215. The van der Waals surface area contributed by atoms with Gasteiger partial charge in [-0.15, -0.1) is 11.8 Å². The average molecular weight is 300 g/mol. The van der Waals surface area contributed by atoms with Crippen LogP contribution >= 0.6 is 23.4 Å². The molecule has 1 N–H and O–H groups in total. The third-order valence-electron chi connectivity index (χ3n) is 3.48. The van der Waals surface area contributed by atoms with Gasteiger partial charge in [-0.1, -0.05) is 23.7 Å². The molecular formula is C16H10ClNOS. The number of benzene rings is 2. The van der Waals surface area contributed by atoms with Crippen molar-refractivity contribution < 1.29 is 5.11 Å². The first-order valence-electron chi connectivity index (χ1n) is 6.27. The predicted molar refractivity (Wildman–Crippen MR) is 83.4 cm³/mol. The van der Waals surface area contributed by atoms with Crippen molar-refractivity contribution >= 4 is 34.3 Å². The van der Waals surface area contributed by atoms with E-state index in [1.807, 2.05) is 30.3 Å². The van der Waals surface area contributed by atoms with Gasteiger partial charge in [0.15, 0.2) is 0 Å². The fraction of sp³-hybridized carbons (Fsp3) is 0.0625. The van der Waals surface area contributed by atoms with Crippen LogP contribution in [0.2, 0.25) is 5.02 Å². The van der Waals surface area contributed by atoms with E-state index in [-0.39, 0.29) is 5.75 Å².